The molecule has 0 saturated carbocycles. The van der Waals surface area contributed by atoms with Crippen LogP contribution in [0.1, 0.15) is 1.43 Å². The maximum absolute atomic E-state index is 5.29. The molecule has 7 heavy (non-hydrogen) atoms. The number of rotatable bonds is 0. The molecule has 0 unspecified atom stereocenters. The van der Waals surface area contributed by atoms with E-state index in [1.807, 2.05) is 0 Å². The Kier molecular flexibility index (Phi) is 2.06. The first-order valence-corrected chi connectivity index (χ1v) is 17.6. The second-order valence-electron chi connectivity index (χ2n) is 0.678. The average Bonchev–Trinajstić information content (AvgIpc) is 0.592. The first kappa shape index (κ1) is 9.43. The average molecular weight is 409 g/mol. The Labute approximate surface area is 64.5 Å². The van der Waals surface area contributed by atoms with Gasteiger partial charge in [0.2, 0.25) is 0 Å². The zero-order valence-electron chi connectivity index (χ0n) is 3.58. The molecule has 0 bridgehead atoms. The van der Waals surface area contributed by atoms with Crippen LogP contribution in [0.5, 0.6) is 0 Å². The maximum atomic E-state index is 5.05. The minimum atomic E-state index is -5.29. The van der Waals surface area contributed by atoms with Gasteiger partial charge >= 0.3 is 65.2 Å². The van der Waals surface area contributed by atoms with E-state index < -0.39 is 7.31 Å². The summed E-state index contributed by atoms with van der Waals surface area (Å²) in [6.07, 6.45) is 0. The zero-order valence-corrected chi connectivity index (χ0v) is 9.39. The Morgan fingerprint density at radius 3 is 0.714 bits per heavy atom. The summed E-state index contributed by atoms with van der Waals surface area (Å²) < 4.78 is 0. The van der Waals surface area contributed by atoms with Gasteiger partial charge in [-0.1, -0.05) is 0 Å². The zero-order chi connectivity index (χ0) is 6.41. The van der Waals surface area contributed by atoms with E-state index in [0.29, 0.717) is 0 Å². The molecule has 0 fully saturated rings. The van der Waals surface area contributed by atoms with Gasteiger partial charge in [0.05, 0.1) is 0 Å². The molecule has 0 aliphatic heterocycles. The number of halogens is 6. The van der Waals surface area contributed by atoms with Crippen molar-refractivity contribution in [2.75, 3.05) is 0 Å². The minimum Gasteiger partial charge on any atom is 1.00 e. The summed E-state index contributed by atoms with van der Waals surface area (Å²) in [5.74, 6) is 0. The van der Waals surface area contributed by atoms with Gasteiger partial charge in [-0.3, -0.25) is 0 Å². The van der Waals surface area contributed by atoms with E-state index >= 15 is 0 Å². The van der Waals surface area contributed by atoms with Crippen LogP contribution in [0.15, 0.2) is 0 Å². The van der Waals surface area contributed by atoms with Gasteiger partial charge in [0, 0.05) is 0 Å². The summed E-state index contributed by atoms with van der Waals surface area (Å²) in [6, 6.07) is 0. The molecule has 0 heterocycles. The second-order valence-corrected chi connectivity index (χ2v) is 49.9. The Morgan fingerprint density at radius 1 is 0.714 bits per heavy atom. The monoisotopic (exact) mass is 406 g/mol. The molecule has 0 N–H and O–H groups in total. The van der Waals surface area contributed by atoms with Crippen LogP contribution in [-0.4, -0.2) is 0 Å². The summed E-state index contributed by atoms with van der Waals surface area (Å²) in [6.45, 7) is 0. The normalized spacial score (nSPS) is 23.1. The molecule has 0 aliphatic rings. The van der Waals surface area contributed by atoms with E-state index in [0.717, 1.165) is 0 Å². The van der Waals surface area contributed by atoms with E-state index in [9.17, 15) is 0 Å². The van der Waals surface area contributed by atoms with Crippen molar-refractivity contribution in [3.05, 3.63) is 0 Å². The van der Waals surface area contributed by atoms with Gasteiger partial charge in [0.1, 0.15) is 0 Å². The van der Waals surface area contributed by atoms with Gasteiger partial charge in [-0.2, -0.15) is 0 Å². The van der Waals surface area contributed by atoms with Gasteiger partial charge < -0.3 is 0 Å². The molecule has 0 aromatic carbocycles. The van der Waals surface area contributed by atoms with Gasteiger partial charge in [0.25, 0.3) is 0 Å². The first-order valence-electron chi connectivity index (χ1n) is 0.717. The van der Waals surface area contributed by atoms with Crippen molar-refractivity contribution in [2.45, 2.75) is 0 Å². The third kappa shape index (κ3) is 59.1. The number of hydrogen-bond donors (Lipinski definition) is 0. The largest absolute Gasteiger partial charge is 1.00 e. The second kappa shape index (κ2) is 1.53. The van der Waals surface area contributed by atoms with Crippen LogP contribution in [-0.2, 0) is 7.31 Å². The molecule has 53 valence electrons. The van der Waals surface area contributed by atoms with Crippen molar-refractivity contribution in [1.82, 2.24) is 0 Å². The molecular weight excluding hydrogens is 408 g/mol. The van der Waals surface area contributed by atoms with Crippen molar-refractivity contribution in [3.63, 3.8) is 0 Å². The third-order valence-corrected chi connectivity index (χ3v) is 0. The summed E-state index contributed by atoms with van der Waals surface area (Å²) in [5.41, 5.74) is 0. The SMILES string of the molecule is [Cl][Pt-]([Cl])([Cl])([Cl])([Cl])[Cl].[H+]. The Hall–Kier alpha value is 2.43. The standard InChI is InChI=1S/6ClH.Pt/h6*1H;/q;;;;;;+5/p-5. The Bertz CT molecular complexity index is 67.1. The van der Waals surface area contributed by atoms with Gasteiger partial charge in [-0.05, 0) is 0 Å². The van der Waals surface area contributed by atoms with Crippen LogP contribution in [0.2, 0.25) is 0 Å². The summed E-state index contributed by atoms with van der Waals surface area (Å²) in [4.78, 5) is 0. The summed E-state index contributed by atoms with van der Waals surface area (Å²) >= 11 is 0. The van der Waals surface area contributed by atoms with Gasteiger partial charge in [-0.25, -0.2) is 0 Å². The van der Waals surface area contributed by atoms with Gasteiger partial charge in [0.15, 0.2) is 0 Å². The fourth-order valence-electron chi connectivity index (χ4n) is 0. The van der Waals surface area contributed by atoms with Crippen molar-refractivity contribution in [2.24, 2.45) is 0 Å². The molecule has 0 aromatic heterocycles. The smallest absolute Gasteiger partial charge is 1.00 e. The quantitative estimate of drug-likeness (QED) is 0.562. The molecule has 0 amide bonds. The van der Waals surface area contributed by atoms with Crippen molar-refractivity contribution in [3.8, 4) is 0 Å². The van der Waals surface area contributed by atoms with Crippen molar-refractivity contribution >= 4 is 56.5 Å². The first-order chi connectivity index (χ1) is 2.45. The molecule has 0 saturated heterocycles. The van der Waals surface area contributed by atoms with E-state index in [1.54, 1.807) is 0 Å². The van der Waals surface area contributed by atoms with Crippen LogP contribution in [0, 0.1) is 0 Å². The van der Waals surface area contributed by atoms with Crippen LogP contribution < -0.4 is 0 Å². The summed E-state index contributed by atoms with van der Waals surface area (Å²) in [7, 11) is 25.0. The molecule has 0 nitrogen and oxygen atoms in total. The van der Waals surface area contributed by atoms with E-state index in [4.69, 9.17) is 56.5 Å². The van der Waals surface area contributed by atoms with Crippen molar-refractivity contribution in [1.29, 1.82) is 0 Å². The molecule has 7 heteroatoms. The molecule has 0 spiro atoms. The maximum Gasteiger partial charge on any atom is 1.00 e. The van der Waals surface area contributed by atoms with Crippen LogP contribution >= 0.6 is 56.5 Å². The minimum absolute atomic E-state index is 0. The van der Waals surface area contributed by atoms with E-state index in [2.05, 4.69) is 0 Å². The van der Waals surface area contributed by atoms with E-state index in [-0.39, 0.29) is 1.43 Å². The molecular formula is HCl6Pt. The van der Waals surface area contributed by atoms with Crippen LogP contribution in [0.3, 0.4) is 0 Å². The molecule has 0 radical (unpaired) electrons. The predicted molar refractivity (Wildman–Crippen MR) is 36.2 cm³/mol. The fraction of sp³-hybridized carbons (Fsp3) is 0. The molecule has 0 aliphatic carbocycles. The van der Waals surface area contributed by atoms with Crippen molar-refractivity contribution < 1.29 is 8.74 Å². The topological polar surface area (TPSA) is 0 Å². The van der Waals surface area contributed by atoms with E-state index in [1.165, 1.54) is 0 Å². The molecule has 0 aromatic rings. The summed E-state index contributed by atoms with van der Waals surface area (Å²) in [5, 5.41) is 0. The molecule has 0 atom stereocenters. The number of hydrogen-bond acceptors (Lipinski definition) is 0. The van der Waals surface area contributed by atoms with Gasteiger partial charge in [-0.15, -0.1) is 0 Å². The Morgan fingerprint density at radius 2 is 0.714 bits per heavy atom. The van der Waals surface area contributed by atoms with Crippen LogP contribution in [0.4, 0.5) is 0 Å². The Balaban J connectivity index is 0. The fourth-order valence-corrected chi connectivity index (χ4v) is 0. The third-order valence-electron chi connectivity index (χ3n) is 0. The molecule has 0 rings (SSSR count). The predicted octanol–water partition coefficient (Wildman–Crippen LogP) is 4.25. The van der Waals surface area contributed by atoms with Crippen LogP contribution in [0.25, 0.3) is 0 Å².